The highest BCUT2D eigenvalue weighted by molar-refractivity contribution is 5.79. The normalized spacial score (nSPS) is 21.6. The molecule has 1 aromatic carbocycles. The van der Waals surface area contributed by atoms with Gasteiger partial charge in [-0.2, -0.15) is 0 Å². The molecule has 0 aromatic heterocycles. The van der Waals surface area contributed by atoms with E-state index >= 15 is 0 Å². The highest BCUT2D eigenvalue weighted by atomic mass is 16.5. The van der Waals surface area contributed by atoms with Crippen molar-refractivity contribution in [3.05, 3.63) is 35.4 Å². The molecule has 2 N–H and O–H groups in total. The average Bonchev–Trinajstić information content (AvgIpc) is 2.67. The molecule has 1 saturated heterocycles. The fourth-order valence-electron chi connectivity index (χ4n) is 3.74. The van der Waals surface area contributed by atoms with Crippen LogP contribution < -0.4 is 10.6 Å². The van der Waals surface area contributed by atoms with Gasteiger partial charge in [0.15, 0.2) is 5.96 Å². The number of benzene rings is 1. The summed E-state index contributed by atoms with van der Waals surface area (Å²) in [6.45, 7) is 9.63. The van der Waals surface area contributed by atoms with E-state index < -0.39 is 0 Å². The molecule has 2 aliphatic rings. The van der Waals surface area contributed by atoms with Crippen LogP contribution in [0, 0.1) is 0 Å². The molecule has 25 heavy (non-hydrogen) atoms. The molecule has 1 unspecified atom stereocenters. The van der Waals surface area contributed by atoms with Crippen molar-refractivity contribution in [3.63, 3.8) is 0 Å². The second kappa shape index (κ2) is 9.78. The summed E-state index contributed by atoms with van der Waals surface area (Å²) in [5, 5.41) is 6.87. The highest BCUT2D eigenvalue weighted by Gasteiger charge is 2.19. The van der Waals surface area contributed by atoms with Gasteiger partial charge in [0.25, 0.3) is 0 Å². The van der Waals surface area contributed by atoms with Gasteiger partial charge in [0.1, 0.15) is 0 Å². The summed E-state index contributed by atoms with van der Waals surface area (Å²) < 4.78 is 5.40. The van der Waals surface area contributed by atoms with Crippen LogP contribution in [0.3, 0.4) is 0 Å². The number of rotatable bonds is 6. The first-order valence-corrected chi connectivity index (χ1v) is 9.77. The van der Waals surface area contributed by atoms with E-state index in [0.29, 0.717) is 5.92 Å². The van der Waals surface area contributed by atoms with Gasteiger partial charge in [0.05, 0.1) is 13.2 Å². The Labute approximate surface area is 151 Å². The molecular formula is C20H32N4O. The quantitative estimate of drug-likeness (QED) is 0.612. The van der Waals surface area contributed by atoms with Crippen LogP contribution in [0.5, 0.6) is 0 Å². The Balaban J connectivity index is 1.51. The lowest BCUT2D eigenvalue weighted by Crippen LogP contribution is -2.44. The summed E-state index contributed by atoms with van der Waals surface area (Å²) in [4.78, 5) is 7.31. The van der Waals surface area contributed by atoms with Crippen molar-refractivity contribution in [2.24, 2.45) is 4.99 Å². The third kappa shape index (κ3) is 5.44. The summed E-state index contributed by atoms with van der Waals surface area (Å²) >= 11 is 0. The molecular weight excluding hydrogens is 312 g/mol. The molecule has 1 heterocycles. The summed E-state index contributed by atoms with van der Waals surface area (Å²) in [5.41, 5.74) is 3.01. The Kier molecular flexibility index (Phi) is 7.12. The number of hydrogen-bond acceptors (Lipinski definition) is 3. The first-order valence-electron chi connectivity index (χ1n) is 9.77. The van der Waals surface area contributed by atoms with Gasteiger partial charge >= 0.3 is 0 Å². The Bertz CT molecular complexity index is 554. The molecule has 0 bridgehead atoms. The van der Waals surface area contributed by atoms with Gasteiger partial charge < -0.3 is 15.4 Å². The van der Waals surface area contributed by atoms with Gasteiger partial charge in [0, 0.05) is 45.2 Å². The maximum atomic E-state index is 5.40. The zero-order chi connectivity index (χ0) is 17.3. The van der Waals surface area contributed by atoms with Gasteiger partial charge in [-0.3, -0.25) is 9.89 Å². The first kappa shape index (κ1) is 18.2. The molecule has 0 saturated carbocycles. The minimum Gasteiger partial charge on any atom is -0.379 e. The zero-order valence-electron chi connectivity index (χ0n) is 15.5. The van der Waals surface area contributed by atoms with E-state index in [0.717, 1.165) is 58.4 Å². The third-order valence-electron chi connectivity index (χ3n) is 5.13. The second-order valence-electron chi connectivity index (χ2n) is 6.89. The standard InChI is InChI=1S/C20H32N4O/c1-2-21-20(22-10-11-24-12-14-25-15-13-24)23-16-18-8-5-7-17-6-3-4-9-19(17)18/h3-4,6,9,18H,2,5,7-8,10-16H2,1H3,(H2,21,22,23). The second-order valence-corrected chi connectivity index (χ2v) is 6.89. The molecule has 5 heteroatoms. The number of aryl methyl sites for hydroxylation is 1. The molecule has 0 spiro atoms. The third-order valence-corrected chi connectivity index (χ3v) is 5.13. The molecule has 1 aromatic rings. The Morgan fingerprint density at radius 1 is 1.24 bits per heavy atom. The number of fused-ring (bicyclic) bond motifs is 1. The number of nitrogens with one attached hydrogen (secondary N) is 2. The highest BCUT2D eigenvalue weighted by Crippen LogP contribution is 2.31. The molecule has 3 rings (SSSR count). The van der Waals surface area contributed by atoms with Gasteiger partial charge in [-0.15, -0.1) is 0 Å². The molecule has 138 valence electrons. The molecule has 0 radical (unpaired) electrons. The largest absolute Gasteiger partial charge is 0.379 e. The van der Waals surface area contributed by atoms with E-state index in [1.165, 1.54) is 30.4 Å². The van der Waals surface area contributed by atoms with E-state index in [1.807, 2.05) is 0 Å². The summed E-state index contributed by atoms with van der Waals surface area (Å²) in [6.07, 6.45) is 3.74. The predicted molar refractivity (Wildman–Crippen MR) is 103 cm³/mol. The lowest BCUT2D eigenvalue weighted by Gasteiger charge is -2.27. The van der Waals surface area contributed by atoms with E-state index in [-0.39, 0.29) is 0 Å². The number of guanidine groups is 1. The molecule has 1 atom stereocenters. The maximum absolute atomic E-state index is 5.40. The van der Waals surface area contributed by atoms with Crippen molar-refractivity contribution in [2.75, 3.05) is 52.5 Å². The van der Waals surface area contributed by atoms with E-state index in [4.69, 9.17) is 9.73 Å². The smallest absolute Gasteiger partial charge is 0.191 e. The van der Waals surface area contributed by atoms with E-state index in [9.17, 15) is 0 Å². The van der Waals surface area contributed by atoms with Crippen LogP contribution in [0.2, 0.25) is 0 Å². The fourth-order valence-corrected chi connectivity index (χ4v) is 3.74. The van der Waals surface area contributed by atoms with Crippen molar-refractivity contribution in [3.8, 4) is 0 Å². The van der Waals surface area contributed by atoms with E-state index in [2.05, 4.69) is 46.7 Å². The van der Waals surface area contributed by atoms with Gasteiger partial charge in [-0.05, 0) is 37.3 Å². The lowest BCUT2D eigenvalue weighted by atomic mass is 9.83. The van der Waals surface area contributed by atoms with Crippen LogP contribution in [-0.2, 0) is 11.2 Å². The molecule has 1 aliphatic heterocycles. The predicted octanol–water partition coefficient (Wildman–Crippen LogP) is 1.99. The van der Waals surface area contributed by atoms with Gasteiger partial charge in [-0.25, -0.2) is 0 Å². The SMILES string of the molecule is CCNC(=NCC1CCCc2ccccc21)NCCN1CCOCC1. The number of aliphatic imine (C=N–C) groups is 1. The maximum Gasteiger partial charge on any atom is 0.191 e. The fraction of sp³-hybridized carbons (Fsp3) is 0.650. The van der Waals surface area contributed by atoms with Crippen LogP contribution in [0.1, 0.15) is 36.8 Å². The summed E-state index contributed by atoms with van der Waals surface area (Å²) in [5.74, 6) is 1.50. The van der Waals surface area contributed by atoms with Crippen LogP contribution in [0.25, 0.3) is 0 Å². The molecule has 0 amide bonds. The van der Waals surface area contributed by atoms with Crippen LogP contribution >= 0.6 is 0 Å². The summed E-state index contributed by atoms with van der Waals surface area (Å²) in [7, 11) is 0. The monoisotopic (exact) mass is 344 g/mol. The van der Waals surface area contributed by atoms with Crippen molar-refractivity contribution in [1.82, 2.24) is 15.5 Å². The first-order chi connectivity index (χ1) is 12.4. The van der Waals surface area contributed by atoms with E-state index in [1.54, 1.807) is 0 Å². The minimum atomic E-state index is 0.555. The Morgan fingerprint density at radius 2 is 2.08 bits per heavy atom. The number of nitrogens with zero attached hydrogens (tertiary/aromatic N) is 2. The number of ether oxygens (including phenoxy) is 1. The topological polar surface area (TPSA) is 48.9 Å². The van der Waals surface area contributed by atoms with Crippen LogP contribution in [0.4, 0.5) is 0 Å². The van der Waals surface area contributed by atoms with Crippen molar-refractivity contribution in [1.29, 1.82) is 0 Å². The molecule has 1 aliphatic carbocycles. The number of morpholine rings is 1. The lowest BCUT2D eigenvalue weighted by molar-refractivity contribution is 0.0389. The minimum absolute atomic E-state index is 0.555. The molecule has 1 fully saturated rings. The number of hydrogen-bond donors (Lipinski definition) is 2. The molecule has 5 nitrogen and oxygen atoms in total. The Morgan fingerprint density at radius 3 is 2.92 bits per heavy atom. The van der Waals surface area contributed by atoms with Gasteiger partial charge in [0.2, 0.25) is 0 Å². The van der Waals surface area contributed by atoms with Gasteiger partial charge in [-0.1, -0.05) is 24.3 Å². The average molecular weight is 345 g/mol. The zero-order valence-corrected chi connectivity index (χ0v) is 15.5. The van der Waals surface area contributed by atoms with Crippen molar-refractivity contribution >= 4 is 5.96 Å². The van der Waals surface area contributed by atoms with Crippen LogP contribution in [-0.4, -0.2) is 63.3 Å². The van der Waals surface area contributed by atoms with Crippen molar-refractivity contribution in [2.45, 2.75) is 32.1 Å². The summed E-state index contributed by atoms with van der Waals surface area (Å²) in [6, 6.07) is 8.87. The van der Waals surface area contributed by atoms with Crippen LogP contribution in [0.15, 0.2) is 29.3 Å². The Hall–Kier alpha value is -1.59. The van der Waals surface area contributed by atoms with Crippen molar-refractivity contribution < 1.29 is 4.74 Å².